The standard InChI is InChI=1S/C26H41O/c1-5-19-11-12-23-21-17-20(18(2)9-8-16-27)22-10-6-7-14-26(22,4)24(21)13-15-25(19,23)3/h6-7,10,18-21,23-24H,5,8-9,11-17H2,1-4H3/t18?,19-,20?,21?,23?,24?,25+,26-/m0/s1. The van der Waals surface area contributed by atoms with Gasteiger partial charge in [-0.25, -0.2) is 5.11 Å². The zero-order chi connectivity index (χ0) is 19.2. The second kappa shape index (κ2) is 7.36. The van der Waals surface area contributed by atoms with E-state index in [0.29, 0.717) is 22.7 Å². The molecule has 0 N–H and O–H groups in total. The molecule has 27 heavy (non-hydrogen) atoms. The smallest absolute Gasteiger partial charge is 0.0822 e. The molecule has 4 aliphatic rings. The lowest BCUT2D eigenvalue weighted by Crippen LogP contribution is -2.52. The van der Waals surface area contributed by atoms with Gasteiger partial charge < -0.3 is 0 Å². The summed E-state index contributed by atoms with van der Waals surface area (Å²) in [6, 6.07) is 0. The maximum atomic E-state index is 11.1. The summed E-state index contributed by atoms with van der Waals surface area (Å²) in [6.45, 7) is 10.2. The van der Waals surface area contributed by atoms with Crippen LogP contribution in [0.15, 0.2) is 23.8 Å². The second-order valence-electron chi connectivity index (χ2n) is 10.9. The molecule has 1 radical (unpaired) electrons. The molecule has 151 valence electrons. The van der Waals surface area contributed by atoms with Crippen molar-refractivity contribution in [3.63, 3.8) is 0 Å². The molecule has 4 aliphatic carbocycles. The maximum absolute atomic E-state index is 11.1. The predicted molar refractivity (Wildman–Crippen MR) is 113 cm³/mol. The maximum Gasteiger partial charge on any atom is 0.0822 e. The summed E-state index contributed by atoms with van der Waals surface area (Å²) in [5.41, 5.74) is 2.72. The van der Waals surface area contributed by atoms with E-state index in [4.69, 9.17) is 0 Å². The Hall–Kier alpha value is -0.560. The van der Waals surface area contributed by atoms with Crippen LogP contribution in [0.3, 0.4) is 0 Å². The van der Waals surface area contributed by atoms with Gasteiger partial charge in [-0.15, -0.1) is 0 Å². The van der Waals surface area contributed by atoms with Crippen molar-refractivity contribution in [2.45, 2.75) is 85.5 Å². The minimum Gasteiger partial charge on any atom is -0.237 e. The van der Waals surface area contributed by atoms with Gasteiger partial charge in [-0.3, -0.25) is 0 Å². The molecule has 5 unspecified atom stereocenters. The molecular formula is C26H41O. The van der Waals surface area contributed by atoms with Gasteiger partial charge in [0.1, 0.15) is 0 Å². The molecule has 0 heterocycles. The van der Waals surface area contributed by atoms with Gasteiger partial charge in [0.15, 0.2) is 0 Å². The van der Waals surface area contributed by atoms with Gasteiger partial charge in [-0.1, -0.05) is 57.9 Å². The topological polar surface area (TPSA) is 19.9 Å². The fourth-order valence-electron chi connectivity index (χ4n) is 8.46. The monoisotopic (exact) mass is 369 g/mol. The fourth-order valence-corrected chi connectivity index (χ4v) is 8.46. The van der Waals surface area contributed by atoms with E-state index in [1.54, 1.807) is 5.57 Å². The second-order valence-corrected chi connectivity index (χ2v) is 10.9. The number of fused-ring (bicyclic) bond motifs is 5. The Balaban J connectivity index is 1.67. The van der Waals surface area contributed by atoms with E-state index < -0.39 is 0 Å². The van der Waals surface area contributed by atoms with Crippen LogP contribution in [0.5, 0.6) is 0 Å². The Morgan fingerprint density at radius 2 is 2.00 bits per heavy atom. The molecule has 8 atom stereocenters. The quantitative estimate of drug-likeness (QED) is 0.488. The largest absolute Gasteiger partial charge is 0.237 e. The molecule has 4 rings (SSSR count). The van der Waals surface area contributed by atoms with E-state index in [2.05, 4.69) is 45.9 Å². The van der Waals surface area contributed by atoms with E-state index >= 15 is 0 Å². The van der Waals surface area contributed by atoms with Crippen LogP contribution in [0.2, 0.25) is 0 Å². The Morgan fingerprint density at radius 3 is 2.74 bits per heavy atom. The molecule has 0 amide bonds. The zero-order valence-corrected chi connectivity index (χ0v) is 18.2. The molecule has 1 heteroatoms. The highest BCUT2D eigenvalue weighted by atomic mass is 16.2. The van der Waals surface area contributed by atoms with E-state index in [9.17, 15) is 5.11 Å². The SMILES string of the molecule is CC[C@H]1CCC2C3CC(C(C)CCC[O])C4=CC=CC[C@]4(C)C3CC[C@@]21C. The normalized spacial score (nSPS) is 47.0. The molecule has 0 aromatic carbocycles. The first-order chi connectivity index (χ1) is 13.0. The summed E-state index contributed by atoms with van der Waals surface area (Å²) in [4.78, 5) is 0. The molecule has 0 aliphatic heterocycles. The number of hydrogen-bond acceptors (Lipinski definition) is 0. The summed E-state index contributed by atoms with van der Waals surface area (Å²) in [5.74, 6) is 5.05. The van der Waals surface area contributed by atoms with Crippen molar-refractivity contribution in [3.05, 3.63) is 23.8 Å². The van der Waals surface area contributed by atoms with Gasteiger partial charge in [0.05, 0.1) is 6.61 Å². The van der Waals surface area contributed by atoms with Crippen LogP contribution < -0.4 is 0 Å². The molecule has 0 bridgehead atoms. The van der Waals surface area contributed by atoms with E-state index in [0.717, 1.165) is 36.5 Å². The molecule has 0 saturated heterocycles. The van der Waals surface area contributed by atoms with Crippen molar-refractivity contribution in [1.82, 2.24) is 0 Å². The van der Waals surface area contributed by atoms with Crippen LogP contribution in [0.4, 0.5) is 0 Å². The van der Waals surface area contributed by atoms with Crippen molar-refractivity contribution in [1.29, 1.82) is 0 Å². The van der Waals surface area contributed by atoms with Crippen molar-refractivity contribution >= 4 is 0 Å². The van der Waals surface area contributed by atoms with Crippen molar-refractivity contribution in [3.8, 4) is 0 Å². The van der Waals surface area contributed by atoms with E-state index in [1.807, 2.05) is 0 Å². The molecule has 3 fully saturated rings. The minimum absolute atomic E-state index is 0.0954. The summed E-state index contributed by atoms with van der Waals surface area (Å²) in [6.07, 6.45) is 19.1. The third-order valence-corrected chi connectivity index (χ3v) is 9.97. The van der Waals surface area contributed by atoms with Gasteiger partial charge >= 0.3 is 0 Å². The summed E-state index contributed by atoms with van der Waals surface area (Å²) in [5, 5.41) is 11.1. The summed E-state index contributed by atoms with van der Waals surface area (Å²) < 4.78 is 0. The summed E-state index contributed by atoms with van der Waals surface area (Å²) >= 11 is 0. The fraction of sp³-hybridized carbons (Fsp3) is 0.846. The van der Waals surface area contributed by atoms with Crippen LogP contribution in [0.25, 0.3) is 0 Å². The molecule has 0 aromatic heterocycles. The average molecular weight is 370 g/mol. The van der Waals surface area contributed by atoms with Crippen molar-refractivity contribution in [2.24, 2.45) is 46.3 Å². The Morgan fingerprint density at radius 1 is 1.19 bits per heavy atom. The lowest BCUT2D eigenvalue weighted by molar-refractivity contribution is -0.0641. The molecule has 3 saturated carbocycles. The van der Waals surface area contributed by atoms with Gasteiger partial charge in [-0.2, -0.15) is 0 Å². The minimum atomic E-state index is 0.0954. The third-order valence-electron chi connectivity index (χ3n) is 9.97. The lowest BCUT2D eigenvalue weighted by atomic mass is 9.44. The van der Waals surface area contributed by atoms with Gasteiger partial charge in [0.25, 0.3) is 0 Å². The van der Waals surface area contributed by atoms with Crippen LogP contribution in [-0.2, 0) is 5.11 Å². The van der Waals surface area contributed by atoms with E-state index in [-0.39, 0.29) is 6.61 Å². The Labute approximate surface area is 167 Å². The first-order valence-corrected chi connectivity index (χ1v) is 11.9. The van der Waals surface area contributed by atoms with Crippen LogP contribution in [-0.4, -0.2) is 6.61 Å². The molecule has 0 aromatic rings. The number of allylic oxidation sites excluding steroid dienone is 4. The van der Waals surface area contributed by atoms with E-state index in [1.165, 1.54) is 44.9 Å². The Kier molecular flexibility index (Phi) is 5.38. The van der Waals surface area contributed by atoms with Crippen molar-refractivity contribution < 1.29 is 5.11 Å². The van der Waals surface area contributed by atoms with Gasteiger partial charge in [0, 0.05) is 0 Å². The molecular weight excluding hydrogens is 328 g/mol. The number of hydrogen-bond donors (Lipinski definition) is 0. The van der Waals surface area contributed by atoms with Gasteiger partial charge in [0.2, 0.25) is 0 Å². The van der Waals surface area contributed by atoms with Crippen LogP contribution >= 0.6 is 0 Å². The van der Waals surface area contributed by atoms with Crippen LogP contribution in [0.1, 0.15) is 85.5 Å². The van der Waals surface area contributed by atoms with Gasteiger partial charge in [-0.05, 0) is 97.7 Å². The highest BCUT2D eigenvalue weighted by Gasteiger charge is 2.59. The predicted octanol–water partition coefficient (Wildman–Crippen LogP) is 7.21. The van der Waals surface area contributed by atoms with Crippen LogP contribution in [0, 0.1) is 46.3 Å². The average Bonchev–Trinajstić information content (AvgIpc) is 3.01. The first kappa shape index (κ1) is 19.7. The molecule has 0 spiro atoms. The highest BCUT2D eigenvalue weighted by molar-refractivity contribution is 5.32. The number of rotatable bonds is 5. The first-order valence-electron chi connectivity index (χ1n) is 11.9. The zero-order valence-electron chi connectivity index (χ0n) is 18.2. The van der Waals surface area contributed by atoms with Crippen molar-refractivity contribution in [2.75, 3.05) is 6.61 Å². The third kappa shape index (κ3) is 2.98. The summed E-state index contributed by atoms with van der Waals surface area (Å²) in [7, 11) is 0. The molecule has 1 nitrogen and oxygen atoms in total. The lowest BCUT2D eigenvalue weighted by Gasteiger charge is -2.60. The Bertz CT molecular complexity index is 603. The highest BCUT2D eigenvalue weighted by Crippen LogP contribution is 2.68.